The van der Waals surface area contributed by atoms with Crippen LogP contribution in [0.3, 0.4) is 0 Å². The average molecular weight is 317 g/mol. The van der Waals surface area contributed by atoms with Gasteiger partial charge in [0.2, 0.25) is 0 Å². The van der Waals surface area contributed by atoms with E-state index in [-0.39, 0.29) is 5.60 Å². The fourth-order valence-corrected chi connectivity index (χ4v) is 4.58. The van der Waals surface area contributed by atoms with Crippen molar-refractivity contribution < 1.29 is 4.74 Å². The number of morpholine rings is 1. The van der Waals surface area contributed by atoms with Crippen molar-refractivity contribution in [3.8, 4) is 0 Å². The molecule has 0 aromatic carbocycles. The van der Waals surface area contributed by atoms with Gasteiger partial charge in [0.1, 0.15) is 16.5 Å². The molecule has 0 N–H and O–H groups in total. The van der Waals surface area contributed by atoms with E-state index in [2.05, 4.69) is 28.3 Å². The van der Waals surface area contributed by atoms with Crippen LogP contribution in [0.4, 0.5) is 5.82 Å². The van der Waals surface area contributed by atoms with Gasteiger partial charge in [-0.15, -0.1) is 11.3 Å². The molecule has 0 bridgehead atoms. The molecule has 1 spiro atoms. The minimum Gasteiger partial charge on any atom is -0.371 e. The number of rotatable bonds is 2. The number of nitrogens with zero attached hydrogens (tertiary/aromatic N) is 3. The molecule has 2 fully saturated rings. The smallest absolute Gasteiger partial charge is 0.141 e. The Hall–Kier alpha value is -1.20. The van der Waals surface area contributed by atoms with E-state index in [4.69, 9.17) is 9.72 Å². The molecule has 2 aromatic rings. The van der Waals surface area contributed by atoms with Gasteiger partial charge in [-0.3, -0.25) is 0 Å². The monoisotopic (exact) mass is 317 g/mol. The normalized spacial score (nSPS) is 21.6. The third kappa shape index (κ3) is 2.50. The fourth-order valence-electron chi connectivity index (χ4n) is 3.81. The Balaban J connectivity index is 1.70. The molecule has 0 amide bonds. The molecule has 2 aliphatic rings. The summed E-state index contributed by atoms with van der Waals surface area (Å²) in [5.41, 5.74) is 0.0656. The van der Waals surface area contributed by atoms with Gasteiger partial charge in [0.25, 0.3) is 0 Å². The van der Waals surface area contributed by atoms with E-state index in [0.29, 0.717) is 0 Å². The second kappa shape index (κ2) is 5.78. The van der Waals surface area contributed by atoms with Crippen LogP contribution < -0.4 is 4.90 Å². The lowest BCUT2D eigenvalue weighted by Crippen LogP contribution is -2.53. The van der Waals surface area contributed by atoms with Crippen molar-refractivity contribution >= 4 is 27.4 Å². The first-order valence-electron chi connectivity index (χ1n) is 8.43. The molecule has 118 valence electrons. The molecule has 3 heterocycles. The van der Waals surface area contributed by atoms with Gasteiger partial charge in [-0.1, -0.05) is 26.2 Å². The molecular weight excluding hydrogens is 294 g/mol. The van der Waals surface area contributed by atoms with Crippen LogP contribution in [0, 0.1) is 0 Å². The van der Waals surface area contributed by atoms with Gasteiger partial charge in [0.05, 0.1) is 17.6 Å². The van der Waals surface area contributed by atoms with Crippen LogP contribution in [0.25, 0.3) is 10.2 Å². The fraction of sp³-hybridized carbons (Fsp3) is 0.647. The molecule has 5 heteroatoms. The molecule has 1 aliphatic heterocycles. The quantitative estimate of drug-likeness (QED) is 0.844. The second-order valence-corrected chi connectivity index (χ2v) is 7.36. The molecule has 2 aromatic heterocycles. The van der Waals surface area contributed by atoms with E-state index < -0.39 is 0 Å². The van der Waals surface area contributed by atoms with Gasteiger partial charge < -0.3 is 9.64 Å². The van der Waals surface area contributed by atoms with Crippen LogP contribution in [-0.4, -0.2) is 35.3 Å². The van der Waals surface area contributed by atoms with Crippen molar-refractivity contribution in [2.75, 3.05) is 24.6 Å². The SMILES string of the molecule is CCc1nc(N2CCOC3(CCCCC3)C2)c2ccsc2n1. The van der Waals surface area contributed by atoms with E-state index in [0.717, 1.165) is 42.6 Å². The van der Waals surface area contributed by atoms with Gasteiger partial charge in [-0.25, -0.2) is 9.97 Å². The highest BCUT2D eigenvalue weighted by molar-refractivity contribution is 7.16. The number of anilines is 1. The third-order valence-corrected chi connectivity index (χ3v) is 5.79. The zero-order valence-electron chi connectivity index (χ0n) is 13.2. The van der Waals surface area contributed by atoms with Crippen LogP contribution in [0.15, 0.2) is 11.4 Å². The highest BCUT2D eigenvalue weighted by Gasteiger charge is 2.38. The summed E-state index contributed by atoms with van der Waals surface area (Å²) in [4.78, 5) is 13.1. The molecular formula is C17H23N3OS. The summed E-state index contributed by atoms with van der Waals surface area (Å²) >= 11 is 1.71. The van der Waals surface area contributed by atoms with Crippen molar-refractivity contribution in [3.05, 3.63) is 17.3 Å². The Morgan fingerprint density at radius 3 is 2.95 bits per heavy atom. The lowest BCUT2D eigenvalue weighted by atomic mass is 9.83. The number of fused-ring (bicyclic) bond motifs is 1. The molecule has 1 saturated heterocycles. The van der Waals surface area contributed by atoms with Gasteiger partial charge in [0, 0.05) is 19.5 Å². The van der Waals surface area contributed by atoms with Gasteiger partial charge in [-0.05, 0) is 24.3 Å². The first-order chi connectivity index (χ1) is 10.8. The Morgan fingerprint density at radius 1 is 1.27 bits per heavy atom. The van der Waals surface area contributed by atoms with Crippen molar-refractivity contribution in [2.45, 2.75) is 51.0 Å². The number of hydrogen-bond acceptors (Lipinski definition) is 5. The van der Waals surface area contributed by atoms with Crippen LogP contribution in [0.1, 0.15) is 44.9 Å². The average Bonchev–Trinajstić information content (AvgIpc) is 3.03. The van der Waals surface area contributed by atoms with Gasteiger partial charge >= 0.3 is 0 Å². The predicted molar refractivity (Wildman–Crippen MR) is 90.8 cm³/mol. The maximum absolute atomic E-state index is 6.23. The van der Waals surface area contributed by atoms with Crippen LogP contribution in [0.2, 0.25) is 0 Å². The molecule has 4 nitrogen and oxygen atoms in total. The minimum atomic E-state index is 0.0656. The summed E-state index contributed by atoms with van der Waals surface area (Å²) in [5.74, 6) is 2.07. The highest BCUT2D eigenvalue weighted by atomic mass is 32.1. The molecule has 0 unspecified atom stereocenters. The Morgan fingerprint density at radius 2 is 2.14 bits per heavy atom. The standard InChI is InChI=1S/C17H23N3OS/c1-2-14-18-15(13-6-11-22-16(13)19-14)20-9-10-21-17(12-20)7-4-3-5-8-17/h6,11H,2-5,7-10,12H2,1H3. The molecule has 22 heavy (non-hydrogen) atoms. The summed E-state index contributed by atoms with van der Waals surface area (Å²) in [6.07, 6.45) is 7.23. The van der Waals surface area contributed by atoms with E-state index in [1.54, 1.807) is 11.3 Å². The van der Waals surface area contributed by atoms with E-state index >= 15 is 0 Å². The van der Waals surface area contributed by atoms with Crippen molar-refractivity contribution in [1.82, 2.24) is 9.97 Å². The molecule has 1 aliphatic carbocycles. The van der Waals surface area contributed by atoms with Crippen LogP contribution in [-0.2, 0) is 11.2 Å². The van der Waals surface area contributed by atoms with Gasteiger partial charge in [0.15, 0.2) is 0 Å². The maximum atomic E-state index is 6.23. The number of hydrogen-bond donors (Lipinski definition) is 0. The third-order valence-electron chi connectivity index (χ3n) is 4.98. The summed E-state index contributed by atoms with van der Waals surface area (Å²) < 4.78 is 6.23. The van der Waals surface area contributed by atoms with Crippen LogP contribution >= 0.6 is 11.3 Å². The highest BCUT2D eigenvalue weighted by Crippen LogP contribution is 2.37. The summed E-state index contributed by atoms with van der Waals surface area (Å²) in [5, 5.41) is 3.33. The largest absolute Gasteiger partial charge is 0.371 e. The van der Waals surface area contributed by atoms with Crippen molar-refractivity contribution in [2.24, 2.45) is 0 Å². The first-order valence-corrected chi connectivity index (χ1v) is 9.31. The molecule has 0 radical (unpaired) electrons. The molecule has 4 rings (SSSR count). The van der Waals surface area contributed by atoms with Crippen molar-refractivity contribution in [3.63, 3.8) is 0 Å². The second-order valence-electron chi connectivity index (χ2n) is 6.47. The lowest BCUT2D eigenvalue weighted by molar-refractivity contribution is -0.0783. The minimum absolute atomic E-state index is 0.0656. The zero-order chi connectivity index (χ0) is 15.0. The van der Waals surface area contributed by atoms with E-state index in [9.17, 15) is 0 Å². The molecule has 0 atom stereocenters. The first kappa shape index (κ1) is 14.4. The Kier molecular flexibility index (Phi) is 3.78. The topological polar surface area (TPSA) is 38.2 Å². The Labute approximate surface area is 135 Å². The summed E-state index contributed by atoms with van der Waals surface area (Å²) in [7, 11) is 0. The van der Waals surface area contributed by atoms with Crippen LogP contribution in [0.5, 0.6) is 0 Å². The number of ether oxygens (including phenoxy) is 1. The predicted octanol–water partition coefficient (Wildman–Crippen LogP) is 3.79. The Bertz CT molecular complexity index is 657. The molecule has 1 saturated carbocycles. The summed E-state index contributed by atoms with van der Waals surface area (Å²) in [6.45, 7) is 4.86. The lowest BCUT2D eigenvalue weighted by Gasteiger charge is -2.45. The van der Waals surface area contributed by atoms with Gasteiger partial charge in [-0.2, -0.15) is 0 Å². The van der Waals surface area contributed by atoms with E-state index in [1.165, 1.54) is 37.5 Å². The number of thiophene rings is 1. The summed E-state index contributed by atoms with van der Waals surface area (Å²) in [6, 6.07) is 2.16. The number of aryl methyl sites for hydroxylation is 1. The van der Waals surface area contributed by atoms with Crippen molar-refractivity contribution in [1.29, 1.82) is 0 Å². The zero-order valence-corrected chi connectivity index (χ0v) is 14.0. The maximum Gasteiger partial charge on any atom is 0.141 e. The van der Waals surface area contributed by atoms with E-state index in [1.807, 2.05) is 0 Å². The number of aromatic nitrogens is 2.